The molecule has 0 aliphatic carbocycles. The van der Waals surface area contributed by atoms with E-state index in [-0.39, 0.29) is 0 Å². The molecule has 0 saturated heterocycles. The van der Waals surface area contributed by atoms with Crippen molar-refractivity contribution in [2.24, 2.45) is 0 Å². The van der Waals surface area contributed by atoms with E-state index in [9.17, 15) is 5.11 Å². The average molecular weight is 336 g/mol. The van der Waals surface area contributed by atoms with Crippen molar-refractivity contribution in [1.29, 1.82) is 0 Å². The molecule has 0 aliphatic heterocycles. The molecule has 26 heavy (non-hydrogen) atoms. The van der Waals surface area contributed by atoms with Crippen LogP contribution < -0.4 is 0 Å². The molecular formula is C25H20O. The molecule has 1 heteroatoms. The fraction of sp³-hybridized carbons (Fsp3) is 0.0400. The number of rotatable bonds is 4. The summed E-state index contributed by atoms with van der Waals surface area (Å²) in [7, 11) is 0. The summed E-state index contributed by atoms with van der Waals surface area (Å²) >= 11 is 0. The van der Waals surface area contributed by atoms with Crippen molar-refractivity contribution in [1.82, 2.24) is 0 Å². The van der Waals surface area contributed by atoms with Crippen LogP contribution in [-0.2, 0) is 6.42 Å². The summed E-state index contributed by atoms with van der Waals surface area (Å²) in [6, 6.07) is 34.8. The van der Waals surface area contributed by atoms with E-state index in [0.717, 1.165) is 23.1 Å². The van der Waals surface area contributed by atoms with E-state index in [1.165, 1.54) is 16.7 Å². The first-order chi connectivity index (χ1) is 12.8. The predicted molar refractivity (Wildman–Crippen MR) is 108 cm³/mol. The molecule has 0 radical (unpaired) electrons. The van der Waals surface area contributed by atoms with E-state index in [1.807, 2.05) is 48.5 Å². The van der Waals surface area contributed by atoms with Crippen LogP contribution in [0.3, 0.4) is 0 Å². The van der Waals surface area contributed by atoms with E-state index in [2.05, 4.69) is 54.6 Å². The Hall–Kier alpha value is -3.32. The minimum absolute atomic E-state index is 0.325. The van der Waals surface area contributed by atoms with E-state index in [0.29, 0.717) is 5.75 Å². The first kappa shape index (κ1) is 16.2. The van der Waals surface area contributed by atoms with Crippen molar-refractivity contribution in [2.45, 2.75) is 6.42 Å². The van der Waals surface area contributed by atoms with Crippen LogP contribution in [0.5, 0.6) is 5.75 Å². The quantitative estimate of drug-likeness (QED) is 0.462. The third-order valence-electron chi connectivity index (χ3n) is 4.64. The molecule has 4 rings (SSSR count). The molecule has 0 aliphatic rings. The van der Waals surface area contributed by atoms with Gasteiger partial charge in [0.05, 0.1) is 0 Å². The lowest BCUT2D eigenvalue weighted by molar-refractivity contribution is 0.476. The van der Waals surface area contributed by atoms with Crippen molar-refractivity contribution in [3.8, 4) is 28.0 Å². The lowest BCUT2D eigenvalue weighted by atomic mass is 9.94. The SMILES string of the molecule is Oc1cc(Cc2ccccc2-c2ccccc2)ccc1-c1ccccc1. The average Bonchev–Trinajstić information content (AvgIpc) is 2.70. The zero-order valence-corrected chi connectivity index (χ0v) is 14.5. The fourth-order valence-electron chi connectivity index (χ4n) is 3.34. The second-order valence-corrected chi connectivity index (χ2v) is 6.42. The molecule has 0 aromatic heterocycles. The summed E-state index contributed by atoms with van der Waals surface area (Å²) in [6.45, 7) is 0. The number of hydrogen-bond acceptors (Lipinski definition) is 1. The Kier molecular flexibility index (Phi) is 4.53. The second kappa shape index (κ2) is 7.28. The number of aromatic hydroxyl groups is 1. The normalized spacial score (nSPS) is 10.6. The van der Waals surface area contributed by atoms with Crippen LogP contribution in [0.4, 0.5) is 0 Å². The Morgan fingerprint density at radius 1 is 0.538 bits per heavy atom. The van der Waals surface area contributed by atoms with Gasteiger partial charge in [-0.25, -0.2) is 0 Å². The summed E-state index contributed by atoms with van der Waals surface area (Å²) < 4.78 is 0. The standard InChI is InChI=1S/C25H20O/c26-25-18-19(15-16-24(25)21-11-5-2-6-12-21)17-22-13-7-8-14-23(22)20-9-3-1-4-10-20/h1-16,18,26H,17H2. The highest BCUT2D eigenvalue weighted by atomic mass is 16.3. The minimum Gasteiger partial charge on any atom is -0.507 e. The molecule has 0 amide bonds. The van der Waals surface area contributed by atoms with Crippen molar-refractivity contribution in [3.63, 3.8) is 0 Å². The van der Waals surface area contributed by atoms with Crippen LogP contribution >= 0.6 is 0 Å². The van der Waals surface area contributed by atoms with Crippen LogP contribution in [0.25, 0.3) is 22.3 Å². The van der Waals surface area contributed by atoms with Crippen LogP contribution in [-0.4, -0.2) is 5.11 Å². The van der Waals surface area contributed by atoms with Gasteiger partial charge in [-0.2, -0.15) is 0 Å². The van der Waals surface area contributed by atoms with E-state index >= 15 is 0 Å². The smallest absolute Gasteiger partial charge is 0.123 e. The Bertz CT molecular complexity index is 1000. The van der Waals surface area contributed by atoms with Crippen molar-refractivity contribution in [2.75, 3.05) is 0 Å². The Balaban J connectivity index is 1.66. The van der Waals surface area contributed by atoms with Crippen molar-refractivity contribution >= 4 is 0 Å². The highest BCUT2D eigenvalue weighted by Crippen LogP contribution is 2.32. The molecule has 1 nitrogen and oxygen atoms in total. The zero-order valence-electron chi connectivity index (χ0n) is 14.5. The zero-order chi connectivity index (χ0) is 17.8. The lowest BCUT2D eigenvalue weighted by Crippen LogP contribution is -1.93. The fourth-order valence-corrected chi connectivity index (χ4v) is 3.34. The van der Waals surface area contributed by atoms with Crippen LogP contribution in [0.2, 0.25) is 0 Å². The highest BCUT2D eigenvalue weighted by molar-refractivity contribution is 5.71. The maximum atomic E-state index is 10.5. The molecular weight excluding hydrogens is 316 g/mol. The number of benzene rings is 4. The molecule has 1 N–H and O–H groups in total. The predicted octanol–water partition coefficient (Wildman–Crippen LogP) is 6.32. The summed E-state index contributed by atoms with van der Waals surface area (Å²) in [5, 5.41) is 10.5. The molecule has 0 bridgehead atoms. The Morgan fingerprint density at radius 3 is 1.77 bits per heavy atom. The molecule has 4 aromatic rings. The first-order valence-corrected chi connectivity index (χ1v) is 8.82. The van der Waals surface area contributed by atoms with E-state index in [1.54, 1.807) is 0 Å². The van der Waals surface area contributed by atoms with Gasteiger partial charge >= 0.3 is 0 Å². The lowest BCUT2D eigenvalue weighted by Gasteiger charge is -2.12. The Labute approximate surface area is 154 Å². The number of hydrogen-bond donors (Lipinski definition) is 1. The molecule has 126 valence electrons. The highest BCUT2D eigenvalue weighted by Gasteiger charge is 2.08. The maximum absolute atomic E-state index is 10.5. The molecule has 0 heterocycles. The Morgan fingerprint density at radius 2 is 1.12 bits per heavy atom. The monoisotopic (exact) mass is 336 g/mol. The molecule has 0 spiro atoms. The summed E-state index contributed by atoms with van der Waals surface area (Å²) in [6.07, 6.45) is 0.785. The summed E-state index contributed by atoms with van der Waals surface area (Å²) in [4.78, 5) is 0. The van der Waals surface area contributed by atoms with Gasteiger partial charge in [-0.05, 0) is 40.3 Å². The molecule has 0 unspecified atom stereocenters. The van der Waals surface area contributed by atoms with Gasteiger partial charge in [0.15, 0.2) is 0 Å². The van der Waals surface area contributed by atoms with Gasteiger partial charge < -0.3 is 5.11 Å². The topological polar surface area (TPSA) is 20.2 Å². The third-order valence-corrected chi connectivity index (χ3v) is 4.64. The van der Waals surface area contributed by atoms with Crippen molar-refractivity contribution < 1.29 is 5.11 Å². The first-order valence-electron chi connectivity index (χ1n) is 8.82. The van der Waals surface area contributed by atoms with Gasteiger partial charge in [0, 0.05) is 5.56 Å². The van der Waals surface area contributed by atoms with Gasteiger partial charge in [-0.3, -0.25) is 0 Å². The second-order valence-electron chi connectivity index (χ2n) is 6.42. The number of phenolic OH excluding ortho intramolecular Hbond substituents is 1. The summed E-state index contributed by atoms with van der Waals surface area (Å²) in [5.74, 6) is 0.325. The van der Waals surface area contributed by atoms with Gasteiger partial charge in [0.2, 0.25) is 0 Å². The molecule has 4 aromatic carbocycles. The largest absolute Gasteiger partial charge is 0.507 e. The third kappa shape index (κ3) is 3.38. The van der Waals surface area contributed by atoms with Crippen LogP contribution in [0.15, 0.2) is 103 Å². The van der Waals surface area contributed by atoms with Crippen LogP contribution in [0, 0.1) is 0 Å². The maximum Gasteiger partial charge on any atom is 0.123 e. The van der Waals surface area contributed by atoms with E-state index in [4.69, 9.17) is 0 Å². The van der Waals surface area contributed by atoms with Gasteiger partial charge in [-0.15, -0.1) is 0 Å². The van der Waals surface area contributed by atoms with E-state index < -0.39 is 0 Å². The molecule has 0 fully saturated rings. The number of phenols is 1. The van der Waals surface area contributed by atoms with Gasteiger partial charge in [0.25, 0.3) is 0 Å². The minimum atomic E-state index is 0.325. The molecule has 0 atom stereocenters. The summed E-state index contributed by atoms with van der Waals surface area (Å²) in [5.41, 5.74) is 6.70. The van der Waals surface area contributed by atoms with Crippen LogP contribution in [0.1, 0.15) is 11.1 Å². The van der Waals surface area contributed by atoms with Gasteiger partial charge in [-0.1, -0.05) is 97.1 Å². The van der Waals surface area contributed by atoms with Crippen molar-refractivity contribution in [3.05, 3.63) is 114 Å². The molecule has 0 saturated carbocycles. The van der Waals surface area contributed by atoms with Gasteiger partial charge in [0.1, 0.15) is 5.75 Å².